The van der Waals surface area contributed by atoms with Gasteiger partial charge in [-0.25, -0.2) is 0 Å². The fourth-order valence-corrected chi connectivity index (χ4v) is 2.57. The summed E-state index contributed by atoms with van der Waals surface area (Å²) < 4.78 is 5.76. The molecule has 1 atom stereocenters. The molecule has 1 aliphatic rings. The molecule has 0 aliphatic heterocycles. The lowest BCUT2D eigenvalue weighted by Gasteiger charge is -2.26. The first kappa shape index (κ1) is 14.7. The lowest BCUT2D eigenvalue weighted by Crippen LogP contribution is -2.26. The molecule has 0 bridgehead atoms. The average molecular weight is 296 g/mol. The van der Waals surface area contributed by atoms with Crippen molar-refractivity contribution in [1.82, 2.24) is 15.1 Å². The van der Waals surface area contributed by atoms with Crippen LogP contribution in [-0.2, 0) is 6.54 Å². The Morgan fingerprint density at radius 3 is 2.64 bits per heavy atom. The largest absolute Gasteiger partial charge is 0.424 e. The van der Waals surface area contributed by atoms with Crippen LogP contribution in [0.25, 0.3) is 0 Å². The molecule has 0 amide bonds. The zero-order valence-corrected chi connectivity index (χ0v) is 13.0. The third kappa shape index (κ3) is 3.18. The van der Waals surface area contributed by atoms with E-state index in [2.05, 4.69) is 35.0 Å². The summed E-state index contributed by atoms with van der Waals surface area (Å²) in [5, 5.41) is 17.2. The van der Waals surface area contributed by atoms with Crippen molar-refractivity contribution in [3.8, 4) is 6.07 Å². The molecule has 114 valence electrons. The van der Waals surface area contributed by atoms with E-state index in [4.69, 9.17) is 9.68 Å². The second-order valence-electron chi connectivity index (χ2n) is 5.78. The molecule has 2 aromatic rings. The molecule has 1 aromatic carbocycles. The van der Waals surface area contributed by atoms with E-state index < -0.39 is 0 Å². The Labute approximate surface area is 130 Å². The summed E-state index contributed by atoms with van der Waals surface area (Å²) in [6.07, 6.45) is 2.33. The zero-order chi connectivity index (χ0) is 15.5. The molecule has 1 aliphatic carbocycles. The first-order valence-electron chi connectivity index (χ1n) is 7.77. The minimum absolute atomic E-state index is 0.231. The molecule has 1 saturated carbocycles. The Morgan fingerprint density at radius 2 is 2.05 bits per heavy atom. The molecule has 1 aromatic heterocycles. The van der Waals surface area contributed by atoms with E-state index in [1.165, 1.54) is 18.4 Å². The number of rotatable bonds is 6. The number of benzene rings is 1. The van der Waals surface area contributed by atoms with E-state index in [1.807, 2.05) is 24.3 Å². The van der Waals surface area contributed by atoms with Crippen molar-refractivity contribution in [1.29, 1.82) is 5.26 Å². The molecular formula is C17H20N4O. The topological polar surface area (TPSA) is 66.0 Å². The van der Waals surface area contributed by atoms with E-state index in [-0.39, 0.29) is 6.04 Å². The molecule has 22 heavy (non-hydrogen) atoms. The number of nitriles is 1. The van der Waals surface area contributed by atoms with Gasteiger partial charge in [-0.05, 0) is 44.0 Å². The summed E-state index contributed by atoms with van der Waals surface area (Å²) in [5.74, 6) is 1.97. The Kier molecular flexibility index (Phi) is 4.21. The standard InChI is InChI=1S/C17H20N4O/c1-3-21(11-16-19-20-17(22-16)15-8-9-15)12(2)14-6-4-13(10-18)5-7-14/h4-7,12,15H,3,8-9,11H2,1-2H3/t12-/m0/s1. The number of hydrogen-bond donors (Lipinski definition) is 0. The predicted molar refractivity (Wildman–Crippen MR) is 81.9 cm³/mol. The van der Waals surface area contributed by atoms with Crippen LogP contribution in [0, 0.1) is 11.3 Å². The fourth-order valence-electron chi connectivity index (χ4n) is 2.57. The Morgan fingerprint density at radius 1 is 1.32 bits per heavy atom. The molecule has 0 saturated heterocycles. The SMILES string of the molecule is CCN(Cc1nnc(C2CC2)o1)[C@@H](C)c1ccc(C#N)cc1. The molecule has 0 spiro atoms. The molecule has 0 N–H and O–H groups in total. The van der Waals surface area contributed by atoms with Crippen LogP contribution in [0.4, 0.5) is 0 Å². The molecule has 3 rings (SSSR count). The Hall–Kier alpha value is -2.19. The van der Waals surface area contributed by atoms with Crippen molar-refractivity contribution in [3.63, 3.8) is 0 Å². The summed E-state index contributed by atoms with van der Waals surface area (Å²) in [6.45, 7) is 5.82. The predicted octanol–water partition coefficient (Wildman–Crippen LogP) is 3.40. The highest BCUT2D eigenvalue weighted by atomic mass is 16.4. The van der Waals surface area contributed by atoms with E-state index in [0.717, 1.165) is 12.4 Å². The lowest BCUT2D eigenvalue weighted by atomic mass is 10.1. The maximum atomic E-state index is 8.88. The normalized spacial score (nSPS) is 15.7. The van der Waals surface area contributed by atoms with Crippen molar-refractivity contribution in [2.45, 2.75) is 45.2 Å². The number of hydrogen-bond acceptors (Lipinski definition) is 5. The number of nitrogens with zero attached hydrogens (tertiary/aromatic N) is 4. The monoisotopic (exact) mass is 296 g/mol. The van der Waals surface area contributed by atoms with Crippen molar-refractivity contribution >= 4 is 0 Å². The molecule has 5 nitrogen and oxygen atoms in total. The summed E-state index contributed by atoms with van der Waals surface area (Å²) in [6, 6.07) is 10.1. The van der Waals surface area contributed by atoms with Gasteiger partial charge in [-0.2, -0.15) is 5.26 Å². The fraction of sp³-hybridized carbons (Fsp3) is 0.471. The lowest BCUT2D eigenvalue weighted by molar-refractivity contribution is 0.191. The molecule has 0 unspecified atom stereocenters. The van der Waals surface area contributed by atoms with Crippen LogP contribution in [0.5, 0.6) is 0 Å². The van der Waals surface area contributed by atoms with Gasteiger partial charge in [0, 0.05) is 12.0 Å². The molecule has 5 heteroatoms. The third-order valence-electron chi connectivity index (χ3n) is 4.22. The summed E-state index contributed by atoms with van der Waals surface area (Å²) in [4.78, 5) is 2.28. The van der Waals surface area contributed by atoms with Gasteiger partial charge < -0.3 is 4.42 Å². The van der Waals surface area contributed by atoms with Gasteiger partial charge in [-0.15, -0.1) is 10.2 Å². The quantitative estimate of drug-likeness (QED) is 0.817. The highest BCUT2D eigenvalue weighted by molar-refractivity contribution is 5.32. The summed E-state index contributed by atoms with van der Waals surface area (Å²) in [5.41, 5.74) is 1.87. The first-order valence-corrected chi connectivity index (χ1v) is 7.77. The van der Waals surface area contributed by atoms with Crippen molar-refractivity contribution in [2.75, 3.05) is 6.54 Å². The van der Waals surface area contributed by atoms with Crippen molar-refractivity contribution in [3.05, 3.63) is 47.2 Å². The smallest absolute Gasteiger partial charge is 0.230 e. The van der Waals surface area contributed by atoms with Crippen LogP contribution in [0.1, 0.15) is 61.6 Å². The average Bonchev–Trinajstić information content (AvgIpc) is 3.31. The minimum atomic E-state index is 0.231. The highest BCUT2D eigenvalue weighted by Gasteiger charge is 2.29. The molecular weight excluding hydrogens is 276 g/mol. The molecule has 1 heterocycles. The molecule has 1 fully saturated rings. The van der Waals surface area contributed by atoms with Gasteiger partial charge in [0.15, 0.2) is 0 Å². The second-order valence-corrected chi connectivity index (χ2v) is 5.78. The van der Waals surface area contributed by atoms with Crippen LogP contribution >= 0.6 is 0 Å². The third-order valence-corrected chi connectivity index (χ3v) is 4.22. The van der Waals surface area contributed by atoms with Crippen LogP contribution in [0.2, 0.25) is 0 Å². The van der Waals surface area contributed by atoms with Gasteiger partial charge in [0.2, 0.25) is 11.8 Å². The van der Waals surface area contributed by atoms with Crippen LogP contribution < -0.4 is 0 Å². The second kappa shape index (κ2) is 6.29. The van der Waals surface area contributed by atoms with Crippen molar-refractivity contribution < 1.29 is 4.42 Å². The highest BCUT2D eigenvalue weighted by Crippen LogP contribution is 2.39. The van der Waals surface area contributed by atoms with Crippen LogP contribution in [-0.4, -0.2) is 21.6 Å². The summed E-state index contributed by atoms with van der Waals surface area (Å²) >= 11 is 0. The van der Waals surface area contributed by atoms with E-state index >= 15 is 0 Å². The van der Waals surface area contributed by atoms with Crippen LogP contribution in [0.3, 0.4) is 0 Å². The van der Waals surface area contributed by atoms with Gasteiger partial charge >= 0.3 is 0 Å². The maximum absolute atomic E-state index is 8.88. The van der Waals surface area contributed by atoms with E-state index in [1.54, 1.807) is 0 Å². The minimum Gasteiger partial charge on any atom is -0.424 e. The van der Waals surface area contributed by atoms with Gasteiger partial charge in [-0.3, -0.25) is 4.90 Å². The van der Waals surface area contributed by atoms with E-state index in [9.17, 15) is 0 Å². The van der Waals surface area contributed by atoms with Crippen molar-refractivity contribution in [2.24, 2.45) is 0 Å². The maximum Gasteiger partial charge on any atom is 0.230 e. The molecule has 0 radical (unpaired) electrons. The van der Waals surface area contributed by atoms with E-state index in [0.29, 0.717) is 23.9 Å². The van der Waals surface area contributed by atoms with Gasteiger partial charge in [0.05, 0.1) is 18.2 Å². The zero-order valence-electron chi connectivity index (χ0n) is 13.0. The Bertz CT molecular complexity index is 667. The van der Waals surface area contributed by atoms with Gasteiger partial charge in [0.25, 0.3) is 0 Å². The first-order chi connectivity index (χ1) is 10.7. The Balaban J connectivity index is 1.69. The van der Waals surface area contributed by atoms with Crippen LogP contribution in [0.15, 0.2) is 28.7 Å². The van der Waals surface area contributed by atoms with Gasteiger partial charge in [0.1, 0.15) is 0 Å². The number of aromatic nitrogens is 2. The summed E-state index contributed by atoms with van der Waals surface area (Å²) in [7, 11) is 0. The van der Waals surface area contributed by atoms with Gasteiger partial charge in [-0.1, -0.05) is 19.1 Å².